The van der Waals surface area contributed by atoms with Crippen LogP contribution in [0.1, 0.15) is 79.1 Å². The summed E-state index contributed by atoms with van der Waals surface area (Å²) in [4.78, 5) is 0. The van der Waals surface area contributed by atoms with Gasteiger partial charge < -0.3 is 10.1 Å². The van der Waals surface area contributed by atoms with E-state index in [9.17, 15) is 0 Å². The first-order chi connectivity index (χ1) is 8.91. The lowest BCUT2D eigenvalue weighted by molar-refractivity contribution is -0.0411. The van der Waals surface area contributed by atoms with E-state index in [0.29, 0.717) is 17.6 Å². The van der Waals surface area contributed by atoms with Gasteiger partial charge in [0.2, 0.25) is 0 Å². The maximum absolute atomic E-state index is 6.26. The Kier molecular flexibility index (Phi) is 4.94. The summed E-state index contributed by atoms with van der Waals surface area (Å²) < 4.78 is 6.26. The van der Waals surface area contributed by atoms with Gasteiger partial charge in [-0.1, -0.05) is 33.1 Å². The molecule has 1 aliphatic heterocycles. The average molecular weight is 267 g/mol. The number of hydrogen-bond donors (Lipinski definition) is 1. The Morgan fingerprint density at radius 1 is 1.11 bits per heavy atom. The lowest BCUT2D eigenvalue weighted by Gasteiger charge is -2.40. The first-order valence-electron chi connectivity index (χ1n) is 8.32. The summed E-state index contributed by atoms with van der Waals surface area (Å²) in [6.45, 7) is 10.2. The van der Waals surface area contributed by atoms with Crippen LogP contribution in [-0.2, 0) is 4.74 Å². The topological polar surface area (TPSA) is 21.3 Å². The highest BCUT2D eigenvalue weighted by molar-refractivity contribution is 4.91. The molecule has 0 bridgehead atoms. The molecule has 2 aliphatic rings. The van der Waals surface area contributed by atoms with E-state index < -0.39 is 0 Å². The van der Waals surface area contributed by atoms with Gasteiger partial charge in [-0.25, -0.2) is 0 Å². The maximum Gasteiger partial charge on any atom is 0.0631 e. The van der Waals surface area contributed by atoms with E-state index >= 15 is 0 Å². The molecule has 0 aromatic heterocycles. The molecule has 1 saturated heterocycles. The molecule has 19 heavy (non-hydrogen) atoms. The molecular weight excluding hydrogens is 234 g/mol. The number of rotatable bonds is 5. The van der Waals surface area contributed by atoms with Crippen molar-refractivity contribution < 1.29 is 4.74 Å². The molecule has 0 radical (unpaired) electrons. The van der Waals surface area contributed by atoms with E-state index in [1.807, 2.05) is 0 Å². The fraction of sp³-hybridized carbons (Fsp3) is 1.00. The highest BCUT2D eigenvalue weighted by Crippen LogP contribution is 2.43. The Hall–Kier alpha value is -0.0800. The Bertz CT molecular complexity index is 279. The van der Waals surface area contributed by atoms with Gasteiger partial charge in [-0.3, -0.25) is 0 Å². The molecule has 2 rings (SSSR count). The Labute approximate surface area is 119 Å². The van der Waals surface area contributed by atoms with Crippen molar-refractivity contribution in [3.05, 3.63) is 0 Å². The highest BCUT2D eigenvalue weighted by Gasteiger charge is 2.39. The van der Waals surface area contributed by atoms with Crippen molar-refractivity contribution in [1.29, 1.82) is 0 Å². The van der Waals surface area contributed by atoms with Gasteiger partial charge in [-0.2, -0.15) is 0 Å². The lowest BCUT2D eigenvalue weighted by atomic mass is 9.70. The minimum atomic E-state index is 0.117. The average Bonchev–Trinajstić information content (AvgIpc) is 2.67. The molecule has 1 atom stereocenters. The molecule has 112 valence electrons. The second-order valence-electron chi connectivity index (χ2n) is 7.84. The van der Waals surface area contributed by atoms with Crippen molar-refractivity contribution in [3.8, 4) is 0 Å². The monoisotopic (exact) mass is 267 g/mol. The summed E-state index contributed by atoms with van der Waals surface area (Å²) in [7, 11) is 0. The van der Waals surface area contributed by atoms with Crippen LogP contribution in [0.15, 0.2) is 0 Å². The van der Waals surface area contributed by atoms with E-state index in [-0.39, 0.29) is 5.60 Å². The third-order valence-electron chi connectivity index (χ3n) is 5.01. The normalized spacial score (nSPS) is 29.8. The molecule has 1 heterocycles. The third-order valence-corrected chi connectivity index (χ3v) is 5.01. The van der Waals surface area contributed by atoms with Gasteiger partial charge >= 0.3 is 0 Å². The molecule has 2 fully saturated rings. The van der Waals surface area contributed by atoms with Crippen LogP contribution in [0.3, 0.4) is 0 Å². The van der Waals surface area contributed by atoms with Crippen molar-refractivity contribution in [1.82, 2.24) is 5.32 Å². The van der Waals surface area contributed by atoms with E-state index in [2.05, 4.69) is 33.0 Å². The summed E-state index contributed by atoms with van der Waals surface area (Å²) in [5.41, 5.74) is 0.625. The van der Waals surface area contributed by atoms with Gasteiger partial charge in [0.25, 0.3) is 0 Å². The van der Waals surface area contributed by atoms with E-state index in [4.69, 9.17) is 4.74 Å². The smallest absolute Gasteiger partial charge is 0.0631 e. The molecule has 2 heteroatoms. The second-order valence-corrected chi connectivity index (χ2v) is 7.84. The van der Waals surface area contributed by atoms with Crippen molar-refractivity contribution in [2.24, 2.45) is 5.41 Å². The van der Waals surface area contributed by atoms with Gasteiger partial charge in [-0.15, -0.1) is 0 Å². The van der Waals surface area contributed by atoms with Gasteiger partial charge in [0.05, 0.1) is 11.7 Å². The van der Waals surface area contributed by atoms with E-state index in [1.54, 1.807) is 0 Å². The number of nitrogens with one attached hydrogen (secondary N) is 1. The predicted octanol–water partition coefficient (Wildman–Crippen LogP) is 4.28. The molecule has 1 aliphatic carbocycles. The molecule has 0 spiro atoms. The summed E-state index contributed by atoms with van der Waals surface area (Å²) in [6, 6.07) is 0.597. The fourth-order valence-corrected chi connectivity index (χ4v) is 3.88. The molecule has 0 aromatic rings. The van der Waals surface area contributed by atoms with Crippen LogP contribution in [0.2, 0.25) is 0 Å². The summed E-state index contributed by atoms with van der Waals surface area (Å²) in [5.74, 6) is 0. The first kappa shape index (κ1) is 15.3. The Morgan fingerprint density at radius 3 is 2.32 bits per heavy atom. The van der Waals surface area contributed by atoms with Crippen molar-refractivity contribution in [3.63, 3.8) is 0 Å². The van der Waals surface area contributed by atoms with Crippen LogP contribution in [0, 0.1) is 5.41 Å². The SMILES string of the molecule is CC(C)NCC1(CC2CCC(C)(C)O2)CCCCC1. The Morgan fingerprint density at radius 2 is 1.79 bits per heavy atom. The minimum absolute atomic E-state index is 0.117. The van der Waals surface area contributed by atoms with Crippen LogP contribution < -0.4 is 5.32 Å². The van der Waals surface area contributed by atoms with Crippen LogP contribution in [0.5, 0.6) is 0 Å². The largest absolute Gasteiger partial charge is 0.372 e. The van der Waals surface area contributed by atoms with Gasteiger partial charge in [0.15, 0.2) is 0 Å². The van der Waals surface area contributed by atoms with Gasteiger partial charge in [0, 0.05) is 12.6 Å². The standard InChI is InChI=1S/C17H33NO/c1-14(2)18-13-17(9-6-5-7-10-17)12-15-8-11-16(3,4)19-15/h14-15,18H,5-13H2,1-4H3. The van der Waals surface area contributed by atoms with Crippen LogP contribution in [0.25, 0.3) is 0 Å². The Balaban J connectivity index is 1.93. The summed E-state index contributed by atoms with van der Waals surface area (Å²) >= 11 is 0. The first-order valence-corrected chi connectivity index (χ1v) is 8.32. The minimum Gasteiger partial charge on any atom is -0.372 e. The predicted molar refractivity (Wildman–Crippen MR) is 81.5 cm³/mol. The molecule has 1 N–H and O–H groups in total. The zero-order valence-corrected chi connectivity index (χ0v) is 13.4. The number of ether oxygens (including phenoxy) is 1. The van der Waals surface area contributed by atoms with Gasteiger partial charge in [-0.05, 0) is 51.4 Å². The quantitative estimate of drug-likeness (QED) is 0.802. The maximum atomic E-state index is 6.26. The molecule has 0 aromatic carbocycles. The van der Waals surface area contributed by atoms with Crippen LogP contribution in [0.4, 0.5) is 0 Å². The van der Waals surface area contributed by atoms with Crippen molar-refractivity contribution in [2.45, 2.75) is 96.8 Å². The molecule has 0 amide bonds. The van der Waals surface area contributed by atoms with Crippen LogP contribution >= 0.6 is 0 Å². The van der Waals surface area contributed by atoms with E-state index in [1.165, 1.54) is 57.9 Å². The van der Waals surface area contributed by atoms with E-state index in [0.717, 1.165) is 0 Å². The second kappa shape index (κ2) is 6.13. The third kappa shape index (κ3) is 4.46. The highest BCUT2D eigenvalue weighted by atomic mass is 16.5. The summed E-state index contributed by atoms with van der Waals surface area (Å²) in [6.07, 6.45) is 11.3. The summed E-state index contributed by atoms with van der Waals surface area (Å²) in [5, 5.41) is 3.70. The molecule has 1 unspecified atom stereocenters. The van der Waals surface area contributed by atoms with Crippen molar-refractivity contribution in [2.75, 3.05) is 6.54 Å². The zero-order valence-electron chi connectivity index (χ0n) is 13.4. The molecule has 1 saturated carbocycles. The van der Waals surface area contributed by atoms with Crippen molar-refractivity contribution >= 4 is 0 Å². The zero-order chi connectivity index (χ0) is 13.9. The molecular formula is C17H33NO. The number of hydrogen-bond acceptors (Lipinski definition) is 2. The fourth-order valence-electron chi connectivity index (χ4n) is 3.88. The van der Waals surface area contributed by atoms with Crippen LogP contribution in [-0.4, -0.2) is 24.3 Å². The van der Waals surface area contributed by atoms with Gasteiger partial charge in [0.1, 0.15) is 0 Å². The molecule has 2 nitrogen and oxygen atoms in total. The lowest BCUT2D eigenvalue weighted by Crippen LogP contribution is -2.41.